The lowest BCUT2D eigenvalue weighted by molar-refractivity contribution is -0.119. The highest BCUT2D eigenvalue weighted by Crippen LogP contribution is 2.23. The first-order valence-corrected chi connectivity index (χ1v) is 10.6. The summed E-state index contributed by atoms with van der Waals surface area (Å²) in [6.45, 7) is 10.1. The van der Waals surface area contributed by atoms with E-state index in [1.807, 2.05) is 76.2 Å². The summed E-state index contributed by atoms with van der Waals surface area (Å²) in [7, 11) is 0. The molecule has 7 nitrogen and oxygen atoms in total. The summed E-state index contributed by atoms with van der Waals surface area (Å²) >= 11 is 0. The Kier molecular flexibility index (Phi) is 9.18. The molecule has 0 fully saturated rings. The number of rotatable bonds is 10. The van der Waals surface area contributed by atoms with Crippen molar-refractivity contribution in [3.63, 3.8) is 0 Å². The average Bonchev–Trinajstić information content (AvgIpc) is 2.71. The van der Waals surface area contributed by atoms with Crippen LogP contribution in [0, 0.1) is 0 Å². The first-order valence-electron chi connectivity index (χ1n) is 10.6. The second-order valence-corrected chi connectivity index (χ2v) is 8.09. The van der Waals surface area contributed by atoms with Gasteiger partial charge in [0.25, 0.3) is 5.91 Å². The van der Waals surface area contributed by atoms with E-state index in [4.69, 9.17) is 20.2 Å². The van der Waals surface area contributed by atoms with E-state index >= 15 is 0 Å². The van der Waals surface area contributed by atoms with Crippen LogP contribution in [0.3, 0.4) is 0 Å². The molecule has 0 saturated carbocycles. The van der Waals surface area contributed by atoms with E-state index in [1.54, 1.807) is 0 Å². The lowest BCUT2D eigenvalue weighted by atomic mass is 10.1. The number of para-hydroxylation sites is 1. The maximum atomic E-state index is 10.8. The van der Waals surface area contributed by atoms with Gasteiger partial charge < -0.3 is 25.8 Å². The van der Waals surface area contributed by atoms with Gasteiger partial charge in [-0.3, -0.25) is 4.79 Å². The van der Waals surface area contributed by atoms with Crippen molar-refractivity contribution in [3.05, 3.63) is 59.7 Å². The largest absolute Gasteiger partial charge is 0.488 e. The normalized spacial score (nSPS) is 11.7. The van der Waals surface area contributed by atoms with Crippen LogP contribution in [-0.4, -0.2) is 37.2 Å². The molecule has 0 radical (unpaired) electrons. The number of hydrogen-bond acceptors (Lipinski definition) is 4. The minimum atomic E-state index is -0.490. The molecule has 2 aromatic carbocycles. The summed E-state index contributed by atoms with van der Waals surface area (Å²) in [6, 6.07) is 15.6. The van der Waals surface area contributed by atoms with Crippen molar-refractivity contribution in [1.29, 1.82) is 0 Å². The molecule has 0 aliphatic carbocycles. The summed E-state index contributed by atoms with van der Waals surface area (Å²) in [6.07, 6.45) is 0.824. The quantitative estimate of drug-likeness (QED) is 0.401. The van der Waals surface area contributed by atoms with Crippen LogP contribution < -0.4 is 25.8 Å². The van der Waals surface area contributed by atoms with Crippen LogP contribution in [0.1, 0.15) is 38.8 Å². The average molecular weight is 427 g/mol. The van der Waals surface area contributed by atoms with E-state index in [1.165, 1.54) is 0 Å². The van der Waals surface area contributed by atoms with Gasteiger partial charge in [-0.05, 0) is 57.9 Å². The van der Waals surface area contributed by atoms with Crippen molar-refractivity contribution < 1.29 is 14.3 Å². The van der Waals surface area contributed by atoms with Crippen molar-refractivity contribution in [2.75, 3.05) is 19.7 Å². The zero-order chi connectivity index (χ0) is 22.7. The van der Waals surface area contributed by atoms with Crippen molar-refractivity contribution in [2.45, 2.75) is 46.3 Å². The minimum absolute atomic E-state index is 0.118. The van der Waals surface area contributed by atoms with Crippen molar-refractivity contribution in [1.82, 2.24) is 10.6 Å². The van der Waals surface area contributed by atoms with Crippen LogP contribution in [0.5, 0.6) is 11.5 Å². The number of amides is 1. The highest BCUT2D eigenvalue weighted by molar-refractivity contribution is 5.79. The lowest BCUT2D eigenvalue weighted by Gasteiger charge is -2.23. The predicted octanol–water partition coefficient (Wildman–Crippen LogP) is 3.03. The molecule has 0 bridgehead atoms. The number of hydrogen-bond donors (Lipinski definition) is 3. The molecule has 0 spiro atoms. The smallest absolute Gasteiger partial charge is 0.255 e. The molecule has 0 unspecified atom stereocenters. The zero-order valence-electron chi connectivity index (χ0n) is 18.9. The topological polar surface area (TPSA) is 98.0 Å². The van der Waals surface area contributed by atoms with Gasteiger partial charge in [0, 0.05) is 18.7 Å². The van der Waals surface area contributed by atoms with Gasteiger partial charge in [-0.2, -0.15) is 0 Å². The third-order valence-corrected chi connectivity index (χ3v) is 4.15. The maximum Gasteiger partial charge on any atom is 0.255 e. The highest BCUT2D eigenvalue weighted by Gasteiger charge is 2.14. The van der Waals surface area contributed by atoms with Crippen LogP contribution in [0.25, 0.3) is 0 Å². The van der Waals surface area contributed by atoms with E-state index in [0.29, 0.717) is 12.3 Å². The van der Waals surface area contributed by atoms with Crippen LogP contribution in [0.4, 0.5) is 0 Å². The van der Waals surface area contributed by atoms with Crippen molar-refractivity contribution in [2.24, 2.45) is 10.7 Å². The van der Waals surface area contributed by atoms with Gasteiger partial charge in [0.2, 0.25) is 0 Å². The molecule has 2 aromatic rings. The SMILES string of the molecule is CCNC(=NCc1ccccc1OC(C)(C)C)NCCc1ccc(OCC(N)=O)cc1. The first-order chi connectivity index (χ1) is 14.8. The monoisotopic (exact) mass is 426 g/mol. The standard InChI is InChI=1S/C24H34N4O3/c1-5-26-23(28-16-19-8-6-7-9-21(19)31-24(2,3)4)27-15-14-18-10-12-20(13-11-18)30-17-22(25)29/h6-13H,5,14-17H2,1-4H3,(H2,25,29)(H2,26,27,28). The van der Waals surface area contributed by atoms with E-state index < -0.39 is 5.91 Å². The summed E-state index contributed by atoms with van der Waals surface area (Å²) in [4.78, 5) is 15.5. The second kappa shape index (κ2) is 11.8. The molecule has 0 atom stereocenters. The fourth-order valence-corrected chi connectivity index (χ4v) is 2.80. The Morgan fingerprint density at radius 1 is 1.06 bits per heavy atom. The summed E-state index contributed by atoms with van der Waals surface area (Å²) in [5, 5.41) is 6.65. The van der Waals surface area contributed by atoms with Gasteiger partial charge in [-0.1, -0.05) is 30.3 Å². The molecule has 31 heavy (non-hydrogen) atoms. The van der Waals surface area contributed by atoms with Gasteiger partial charge in [-0.25, -0.2) is 4.99 Å². The fourth-order valence-electron chi connectivity index (χ4n) is 2.80. The van der Waals surface area contributed by atoms with Gasteiger partial charge in [0.1, 0.15) is 17.1 Å². The summed E-state index contributed by atoms with van der Waals surface area (Å²) in [5.41, 5.74) is 7.02. The minimum Gasteiger partial charge on any atom is -0.488 e. The molecular formula is C24H34N4O3. The number of carbonyl (C=O) groups is 1. The second-order valence-electron chi connectivity index (χ2n) is 8.09. The van der Waals surface area contributed by atoms with E-state index in [9.17, 15) is 4.79 Å². The molecule has 0 saturated heterocycles. The predicted molar refractivity (Wildman–Crippen MR) is 124 cm³/mol. The Morgan fingerprint density at radius 2 is 1.77 bits per heavy atom. The number of guanidine groups is 1. The Hall–Kier alpha value is -3.22. The molecule has 4 N–H and O–H groups in total. The fraction of sp³-hybridized carbons (Fsp3) is 0.417. The Labute approximate surface area is 185 Å². The number of aliphatic imine (C=N–C) groups is 1. The number of nitrogens with zero attached hydrogens (tertiary/aromatic N) is 1. The van der Waals surface area contributed by atoms with Crippen molar-refractivity contribution in [3.8, 4) is 11.5 Å². The Bertz CT molecular complexity index is 858. The van der Waals surface area contributed by atoms with Gasteiger partial charge >= 0.3 is 0 Å². The molecule has 2 rings (SSSR count). The van der Waals surface area contributed by atoms with Gasteiger partial charge in [0.05, 0.1) is 6.54 Å². The Morgan fingerprint density at radius 3 is 2.42 bits per heavy atom. The van der Waals surface area contributed by atoms with Crippen LogP contribution in [0.2, 0.25) is 0 Å². The molecule has 1 amide bonds. The number of nitrogens with two attached hydrogens (primary N) is 1. The molecule has 0 aliphatic heterocycles. The highest BCUT2D eigenvalue weighted by atomic mass is 16.5. The van der Waals surface area contributed by atoms with Crippen LogP contribution in [0.15, 0.2) is 53.5 Å². The maximum absolute atomic E-state index is 10.8. The molecule has 7 heteroatoms. The first kappa shape index (κ1) is 24.1. The number of benzene rings is 2. The lowest BCUT2D eigenvalue weighted by Crippen LogP contribution is -2.38. The third-order valence-electron chi connectivity index (χ3n) is 4.15. The number of ether oxygens (including phenoxy) is 2. The van der Waals surface area contributed by atoms with Gasteiger partial charge in [-0.15, -0.1) is 0 Å². The number of nitrogens with one attached hydrogen (secondary N) is 2. The molecule has 0 heterocycles. The molecule has 0 aromatic heterocycles. The summed E-state index contributed by atoms with van der Waals surface area (Å²) < 4.78 is 11.3. The molecule has 168 valence electrons. The van der Waals surface area contributed by atoms with Crippen molar-refractivity contribution >= 4 is 11.9 Å². The number of primary amides is 1. The van der Waals surface area contributed by atoms with E-state index in [2.05, 4.69) is 10.6 Å². The Balaban J connectivity index is 1.92. The van der Waals surface area contributed by atoms with Gasteiger partial charge in [0.15, 0.2) is 12.6 Å². The van der Waals surface area contributed by atoms with Crippen LogP contribution >= 0.6 is 0 Å². The zero-order valence-corrected chi connectivity index (χ0v) is 18.9. The number of carbonyl (C=O) groups excluding carboxylic acids is 1. The van der Waals surface area contributed by atoms with E-state index in [-0.39, 0.29) is 12.2 Å². The third kappa shape index (κ3) is 9.42. The molecule has 0 aliphatic rings. The summed E-state index contributed by atoms with van der Waals surface area (Å²) in [5.74, 6) is 1.75. The van der Waals surface area contributed by atoms with E-state index in [0.717, 1.165) is 42.3 Å². The molecular weight excluding hydrogens is 392 g/mol. The van der Waals surface area contributed by atoms with Crippen LogP contribution in [-0.2, 0) is 17.8 Å².